The Hall–Kier alpha value is -4.17. The second-order valence-electron chi connectivity index (χ2n) is 10.7. The van der Waals surface area contributed by atoms with Gasteiger partial charge >= 0.3 is 0 Å². The van der Waals surface area contributed by atoms with Gasteiger partial charge < -0.3 is 25.3 Å². The number of aromatic amines is 1. The number of piperidine rings is 1. The fraction of sp³-hybridized carbons (Fsp3) is 0.300. The summed E-state index contributed by atoms with van der Waals surface area (Å²) in [7, 11) is 2.17. The summed E-state index contributed by atoms with van der Waals surface area (Å²) in [6, 6.07) is 17.8. The first-order valence-electron chi connectivity index (χ1n) is 13.0. The van der Waals surface area contributed by atoms with Crippen molar-refractivity contribution in [3.63, 3.8) is 0 Å². The third kappa shape index (κ3) is 4.52. The second kappa shape index (κ2) is 9.29. The van der Waals surface area contributed by atoms with Crippen LogP contribution in [-0.4, -0.2) is 46.5 Å². The molecule has 0 saturated carbocycles. The molecule has 194 valence electrons. The Balaban J connectivity index is 1.34. The van der Waals surface area contributed by atoms with E-state index in [0.717, 1.165) is 42.6 Å². The van der Waals surface area contributed by atoms with Crippen LogP contribution in [0.5, 0.6) is 5.75 Å². The van der Waals surface area contributed by atoms with Crippen molar-refractivity contribution >= 4 is 33.9 Å². The zero-order valence-electron chi connectivity index (χ0n) is 21.8. The highest BCUT2D eigenvalue weighted by Crippen LogP contribution is 2.37. The van der Waals surface area contributed by atoms with Gasteiger partial charge in [0.05, 0.1) is 16.8 Å². The van der Waals surface area contributed by atoms with Gasteiger partial charge in [0.1, 0.15) is 11.6 Å². The van der Waals surface area contributed by atoms with Crippen LogP contribution in [0, 0.1) is 0 Å². The van der Waals surface area contributed by atoms with Gasteiger partial charge in [-0.3, -0.25) is 9.59 Å². The van der Waals surface area contributed by atoms with Crippen LogP contribution >= 0.6 is 0 Å². The van der Waals surface area contributed by atoms with E-state index in [1.807, 2.05) is 30.3 Å². The number of carbonyl (C=O) groups excluding carboxylic acids is 1. The van der Waals surface area contributed by atoms with E-state index < -0.39 is 5.60 Å². The molecule has 8 nitrogen and oxygen atoms in total. The van der Waals surface area contributed by atoms with Crippen LogP contribution in [0.15, 0.2) is 65.6 Å². The smallest absolute Gasteiger partial charge is 0.268 e. The maximum absolute atomic E-state index is 12.8. The van der Waals surface area contributed by atoms with Gasteiger partial charge in [-0.2, -0.15) is 0 Å². The number of pyridine rings is 2. The van der Waals surface area contributed by atoms with Gasteiger partial charge in [-0.05, 0) is 106 Å². The van der Waals surface area contributed by atoms with Crippen molar-refractivity contribution in [2.45, 2.75) is 38.2 Å². The fourth-order valence-corrected chi connectivity index (χ4v) is 5.24. The molecule has 6 rings (SSSR count). The van der Waals surface area contributed by atoms with E-state index in [-0.39, 0.29) is 11.5 Å². The van der Waals surface area contributed by atoms with Crippen LogP contribution in [0.2, 0.25) is 0 Å². The monoisotopic (exact) mass is 509 g/mol. The largest absolute Gasteiger partial charge is 0.476 e. The molecule has 3 N–H and O–H groups in total. The van der Waals surface area contributed by atoms with E-state index >= 15 is 0 Å². The lowest BCUT2D eigenvalue weighted by Crippen LogP contribution is -2.45. The van der Waals surface area contributed by atoms with Crippen molar-refractivity contribution in [3.05, 3.63) is 76.7 Å². The number of H-pyrrole nitrogens is 1. The molecule has 38 heavy (non-hydrogen) atoms. The lowest BCUT2D eigenvalue weighted by molar-refractivity contribution is -0.129. The molecule has 8 heteroatoms. The van der Waals surface area contributed by atoms with E-state index in [2.05, 4.69) is 51.8 Å². The molecule has 1 fully saturated rings. The molecule has 2 aliphatic rings. The number of nitrogens with one attached hydrogen (secondary N) is 3. The van der Waals surface area contributed by atoms with E-state index in [9.17, 15) is 9.59 Å². The SMILES string of the molecule is CN1CCC(c2ccc(Nc3nc(-c4ccc5c(c4)NC(=O)C(C)(C)O5)cc4cc[nH]c(=O)c34)cc2)CC1. The summed E-state index contributed by atoms with van der Waals surface area (Å²) in [5.41, 5.74) is 3.14. The predicted molar refractivity (Wildman–Crippen MR) is 150 cm³/mol. The zero-order valence-corrected chi connectivity index (χ0v) is 21.8. The quantitative estimate of drug-likeness (QED) is 0.347. The Morgan fingerprint density at radius 2 is 1.79 bits per heavy atom. The number of carbonyl (C=O) groups is 1. The molecule has 2 aromatic carbocycles. The molecular weight excluding hydrogens is 478 g/mol. The van der Waals surface area contributed by atoms with Crippen LogP contribution in [0.25, 0.3) is 22.0 Å². The summed E-state index contributed by atoms with van der Waals surface area (Å²) in [4.78, 5) is 35.2. The van der Waals surface area contributed by atoms with Crippen LogP contribution in [-0.2, 0) is 4.79 Å². The third-order valence-corrected chi connectivity index (χ3v) is 7.55. The number of aromatic nitrogens is 2. The lowest BCUT2D eigenvalue weighted by atomic mass is 9.89. The molecule has 0 spiro atoms. The van der Waals surface area contributed by atoms with Gasteiger partial charge in [-0.1, -0.05) is 12.1 Å². The Labute approximate surface area is 221 Å². The fourth-order valence-electron chi connectivity index (χ4n) is 5.24. The molecule has 1 amide bonds. The number of benzene rings is 2. The maximum Gasteiger partial charge on any atom is 0.268 e. The van der Waals surface area contributed by atoms with Crippen LogP contribution in [0.3, 0.4) is 0 Å². The van der Waals surface area contributed by atoms with E-state index in [0.29, 0.717) is 34.3 Å². The standard InChI is InChI=1S/C30H31N5O3/c1-30(2)29(37)34-24-16-20(6-9-25(24)38-30)23-17-21-10-13-31-28(36)26(21)27(33-23)32-22-7-4-18(5-8-22)19-11-14-35(3)15-12-19/h4-10,13,16-17,19H,11-12,14-15H2,1-3H3,(H,31,36)(H,32,33)(H,34,37). The first-order valence-corrected chi connectivity index (χ1v) is 13.0. The highest BCUT2D eigenvalue weighted by molar-refractivity contribution is 6.01. The van der Waals surface area contributed by atoms with Crippen molar-refractivity contribution in [2.24, 2.45) is 0 Å². The van der Waals surface area contributed by atoms with Gasteiger partial charge in [0.15, 0.2) is 5.60 Å². The molecule has 0 atom stereocenters. The Morgan fingerprint density at radius 3 is 2.55 bits per heavy atom. The van der Waals surface area contributed by atoms with Crippen molar-refractivity contribution < 1.29 is 9.53 Å². The number of rotatable bonds is 4. The average Bonchev–Trinajstić information content (AvgIpc) is 2.90. The minimum atomic E-state index is -0.934. The number of hydrogen-bond donors (Lipinski definition) is 3. The summed E-state index contributed by atoms with van der Waals surface area (Å²) in [6.45, 7) is 5.71. The van der Waals surface area contributed by atoms with Crippen LogP contribution in [0.1, 0.15) is 38.2 Å². The first-order chi connectivity index (χ1) is 18.3. The maximum atomic E-state index is 12.8. The van der Waals surface area contributed by atoms with Crippen molar-refractivity contribution in [1.29, 1.82) is 0 Å². The summed E-state index contributed by atoms with van der Waals surface area (Å²) in [5.74, 6) is 1.46. The number of amides is 1. The van der Waals surface area contributed by atoms with E-state index in [1.54, 1.807) is 20.0 Å². The Kier molecular flexibility index (Phi) is 5.91. The van der Waals surface area contributed by atoms with Gasteiger partial charge in [0.25, 0.3) is 11.5 Å². The summed E-state index contributed by atoms with van der Waals surface area (Å²) < 4.78 is 5.88. The topological polar surface area (TPSA) is 99.3 Å². The molecule has 4 heterocycles. The Bertz CT molecular complexity index is 1580. The van der Waals surface area contributed by atoms with Gasteiger partial charge in [0.2, 0.25) is 0 Å². The van der Waals surface area contributed by atoms with Crippen molar-refractivity contribution in [3.8, 4) is 17.0 Å². The van der Waals surface area contributed by atoms with E-state index in [4.69, 9.17) is 9.72 Å². The number of hydrogen-bond acceptors (Lipinski definition) is 6. The van der Waals surface area contributed by atoms with Crippen LogP contribution in [0.4, 0.5) is 17.2 Å². The molecule has 0 unspecified atom stereocenters. The van der Waals surface area contributed by atoms with Gasteiger partial charge in [-0.15, -0.1) is 0 Å². The number of likely N-dealkylation sites (tertiary alicyclic amines) is 1. The van der Waals surface area contributed by atoms with Crippen molar-refractivity contribution in [2.75, 3.05) is 30.8 Å². The Morgan fingerprint density at radius 1 is 1.03 bits per heavy atom. The average molecular weight is 510 g/mol. The molecule has 2 aromatic heterocycles. The number of ether oxygens (including phenoxy) is 1. The molecule has 0 bridgehead atoms. The third-order valence-electron chi connectivity index (χ3n) is 7.55. The highest BCUT2D eigenvalue weighted by Gasteiger charge is 2.35. The first kappa shape index (κ1) is 24.2. The molecule has 0 aliphatic carbocycles. The second-order valence-corrected chi connectivity index (χ2v) is 10.7. The highest BCUT2D eigenvalue weighted by atomic mass is 16.5. The molecular formula is C30H31N5O3. The van der Waals surface area contributed by atoms with Crippen LogP contribution < -0.4 is 20.9 Å². The molecule has 4 aromatic rings. The summed E-state index contributed by atoms with van der Waals surface area (Å²) in [6.07, 6.45) is 3.96. The predicted octanol–water partition coefficient (Wildman–Crippen LogP) is 5.25. The molecule has 0 radical (unpaired) electrons. The number of anilines is 3. The van der Waals surface area contributed by atoms with Gasteiger partial charge in [0, 0.05) is 17.4 Å². The van der Waals surface area contributed by atoms with E-state index in [1.165, 1.54) is 5.56 Å². The number of nitrogens with zero attached hydrogens (tertiary/aromatic N) is 2. The molecule has 2 aliphatic heterocycles. The van der Waals surface area contributed by atoms with Crippen molar-refractivity contribution in [1.82, 2.24) is 14.9 Å². The molecule has 1 saturated heterocycles. The summed E-state index contributed by atoms with van der Waals surface area (Å²) >= 11 is 0. The minimum Gasteiger partial charge on any atom is -0.476 e. The normalized spacial score (nSPS) is 17.5. The lowest BCUT2D eigenvalue weighted by Gasteiger charge is -2.31. The number of fused-ring (bicyclic) bond motifs is 2. The summed E-state index contributed by atoms with van der Waals surface area (Å²) in [5, 5.41) is 7.57. The van der Waals surface area contributed by atoms with Gasteiger partial charge in [-0.25, -0.2) is 4.98 Å². The minimum absolute atomic E-state index is 0.203. The zero-order chi connectivity index (χ0) is 26.4.